The predicted molar refractivity (Wildman–Crippen MR) is 101 cm³/mol. The van der Waals surface area contributed by atoms with Crippen LogP contribution in [0.2, 0.25) is 0 Å². The molecule has 0 heterocycles. The van der Waals surface area contributed by atoms with Crippen LogP contribution in [0.15, 0.2) is 78.9 Å². The summed E-state index contributed by atoms with van der Waals surface area (Å²) in [4.78, 5) is 12.1. The van der Waals surface area contributed by atoms with Gasteiger partial charge in [-0.3, -0.25) is 0 Å². The average Bonchev–Trinajstić information content (AvgIpc) is 2.68. The number of hydrogen-bond donors (Lipinski definition) is 2. The van der Waals surface area contributed by atoms with Gasteiger partial charge in [-0.2, -0.15) is 5.26 Å². The second-order valence-corrected chi connectivity index (χ2v) is 5.54. The number of benzene rings is 3. The van der Waals surface area contributed by atoms with Gasteiger partial charge < -0.3 is 15.4 Å². The van der Waals surface area contributed by atoms with Crippen molar-refractivity contribution in [3.05, 3.63) is 90.0 Å². The van der Waals surface area contributed by atoms with E-state index in [1.54, 1.807) is 48.5 Å². The molecule has 0 spiro atoms. The van der Waals surface area contributed by atoms with Crippen LogP contribution in [0.25, 0.3) is 0 Å². The van der Waals surface area contributed by atoms with Crippen LogP contribution in [0.3, 0.4) is 0 Å². The van der Waals surface area contributed by atoms with Crippen LogP contribution in [0.4, 0.5) is 16.2 Å². The summed E-state index contributed by atoms with van der Waals surface area (Å²) in [5, 5.41) is 14.4. The lowest BCUT2D eigenvalue weighted by molar-refractivity contribution is 0.262. The zero-order chi connectivity index (χ0) is 18.2. The Labute approximate surface area is 151 Å². The third-order valence-corrected chi connectivity index (χ3v) is 3.66. The summed E-state index contributed by atoms with van der Waals surface area (Å²) in [6.07, 6.45) is 0. The SMILES string of the molecule is N#Cc1ccccc1NC(=O)Nc1ccc(OCc2ccccc2)cc1. The summed E-state index contributed by atoms with van der Waals surface area (Å²) in [5.41, 5.74) is 2.59. The Hall–Kier alpha value is -3.78. The number of nitrogens with one attached hydrogen (secondary N) is 2. The molecule has 0 radical (unpaired) electrons. The first-order valence-electron chi connectivity index (χ1n) is 8.08. The molecule has 5 nitrogen and oxygen atoms in total. The number of carbonyl (C=O) groups is 1. The molecule has 0 aliphatic rings. The maximum Gasteiger partial charge on any atom is 0.323 e. The van der Waals surface area contributed by atoms with Crippen LogP contribution >= 0.6 is 0 Å². The Morgan fingerprint density at radius 3 is 2.31 bits per heavy atom. The van der Waals surface area contributed by atoms with Crippen LogP contribution in [-0.4, -0.2) is 6.03 Å². The number of urea groups is 1. The maximum absolute atomic E-state index is 12.1. The van der Waals surface area contributed by atoms with Gasteiger partial charge >= 0.3 is 6.03 Å². The Bertz CT molecular complexity index is 916. The minimum Gasteiger partial charge on any atom is -0.489 e. The summed E-state index contributed by atoms with van der Waals surface area (Å²) in [6, 6.07) is 25.5. The van der Waals surface area contributed by atoms with Gasteiger partial charge in [0.1, 0.15) is 18.4 Å². The fraction of sp³-hybridized carbons (Fsp3) is 0.0476. The smallest absolute Gasteiger partial charge is 0.323 e. The molecule has 26 heavy (non-hydrogen) atoms. The van der Waals surface area contributed by atoms with Crippen LogP contribution in [0, 0.1) is 11.3 Å². The van der Waals surface area contributed by atoms with E-state index in [-0.39, 0.29) is 0 Å². The van der Waals surface area contributed by atoms with Gasteiger partial charge in [0.05, 0.1) is 11.3 Å². The lowest BCUT2D eigenvalue weighted by atomic mass is 10.2. The molecule has 0 bridgehead atoms. The largest absolute Gasteiger partial charge is 0.489 e. The third-order valence-electron chi connectivity index (χ3n) is 3.66. The summed E-state index contributed by atoms with van der Waals surface area (Å²) < 4.78 is 5.71. The van der Waals surface area contributed by atoms with E-state index < -0.39 is 6.03 Å². The zero-order valence-corrected chi connectivity index (χ0v) is 14.0. The molecule has 3 aromatic carbocycles. The number of ether oxygens (including phenoxy) is 1. The van der Waals surface area contributed by atoms with Crippen molar-refractivity contribution >= 4 is 17.4 Å². The zero-order valence-electron chi connectivity index (χ0n) is 14.0. The lowest BCUT2D eigenvalue weighted by Crippen LogP contribution is -2.19. The van der Waals surface area contributed by atoms with Crippen LogP contribution in [0.1, 0.15) is 11.1 Å². The van der Waals surface area contributed by atoms with Crippen LogP contribution in [-0.2, 0) is 6.61 Å². The second-order valence-electron chi connectivity index (χ2n) is 5.54. The van der Waals surface area contributed by atoms with E-state index in [2.05, 4.69) is 10.6 Å². The monoisotopic (exact) mass is 343 g/mol. The lowest BCUT2D eigenvalue weighted by Gasteiger charge is -2.10. The highest BCUT2D eigenvalue weighted by atomic mass is 16.5. The Kier molecular flexibility index (Phi) is 5.48. The fourth-order valence-electron chi connectivity index (χ4n) is 2.35. The standard InChI is InChI=1S/C21H17N3O2/c22-14-17-8-4-5-9-20(17)24-21(25)23-18-10-12-19(13-11-18)26-15-16-6-2-1-3-7-16/h1-13H,15H2,(H2,23,24,25). The highest BCUT2D eigenvalue weighted by molar-refractivity contribution is 6.00. The van der Waals surface area contributed by atoms with E-state index in [9.17, 15) is 4.79 Å². The fourth-order valence-corrected chi connectivity index (χ4v) is 2.35. The van der Waals surface area contributed by atoms with E-state index in [1.807, 2.05) is 36.4 Å². The van der Waals surface area contributed by atoms with Crippen LogP contribution in [0.5, 0.6) is 5.75 Å². The van der Waals surface area contributed by atoms with E-state index in [1.165, 1.54) is 0 Å². The molecule has 0 aliphatic carbocycles. The first-order valence-corrected chi connectivity index (χ1v) is 8.08. The number of amides is 2. The van der Waals surface area contributed by atoms with Gasteiger partial charge in [-0.15, -0.1) is 0 Å². The maximum atomic E-state index is 12.1. The highest BCUT2D eigenvalue weighted by Crippen LogP contribution is 2.18. The molecule has 0 saturated carbocycles. The molecule has 128 valence electrons. The van der Waals surface area contributed by atoms with E-state index in [0.717, 1.165) is 11.3 Å². The summed E-state index contributed by atoms with van der Waals surface area (Å²) in [6.45, 7) is 0.485. The van der Waals surface area contributed by atoms with Crippen molar-refractivity contribution in [3.8, 4) is 11.8 Å². The quantitative estimate of drug-likeness (QED) is 0.700. The third kappa shape index (κ3) is 4.62. The van der Waals surface area contributed by atoms with Gasteiger partial charge in [-0.1, -0.05) is 42.5 Å². The number of rotatable bonds is 5. The molecule has 5 heteroatoms. The normalized spacial score (nSPS) is 9.81. The van der Waals surface area contributed by atoms with Gasteiger partial charge in [0.2, 0.25) is 0 Å². The number of carbonyl (C=O) groups excluding carboxylic acids is 1. The number of para-hydroxylation sites is 1. The molecule has 0 aromatic heterocycles. The Balaban J connectivity index is 1.55. The average molecular weight is 343 g/mol. The number of nitrogens with zero attached hydrogens (tertiary/aromatic N) is 1. The van der Waals surface area contributed by atoms with Crippen molar-refractivity contribution in [2.75, 3.05) is 10.6 Å². The van der Waals surface area contributed by atoms with E-state index in [0.29, 0.717) is 23.5 Å². The van der Waals surface area contributed by atoms with E-state index >= 15 is 0 Å². The van der Waals surface area contributed by atoms with Gasteiger partial charge in [0, 0.05) is 5.69 Å². The highest BCUT2D eigenvalue weighted by Gasteiger charge is 2.06. The molecular formula is C21H17N3O2. The molecular weight excluding hydrogens is 326 g/mol. The van der Waals surface area contributed by atoms with Crippen molar-refractivity contribution in [2.24, 2.45) is 0 Å². The van der Waals surface area contributed by atoms with Crippen molar-refractivity contribution < 1.29 is 9.53 Å². The number of anilines is 2. The van der Waals surface area contributed by atoms with E-state index in [4.69, 9.17) is 10.00 Å². The van der Waals surface area contributed by atoms with Gasteiger partial charge in [0.15, 0.2) is 0 Å². The van der Waals surface area contributed by atoms with Crippen molar-refractivity contribution in [3.63, 3.8) is 0 Å². The Morgan fingerprint density at radius 2 is 1.58 bits per heavy atom. The minimum absolute atomic E-state index is 0.410. The molecule has 0 saturated heterocycles. The topological polar surface area (TPSA) is 74.2 Å². The summed E-state index contributed by atoms with van der Waals surface area (Å²) in [7, 11) is 0. The molecule has 0 aliphatic heterocycles. The molecule has 0 unspecified atom stereocenters. The van der Waals surface area contributed by atoms with Crippen molar-refractivity contribution in [1.82, 2.24) is 0 Å². The predicted octanol–water partition coefficient (Wildman–Crippen LogP) is 4.78. The van der Waals surface area contributed by atoms with Crippen LogP contribution < -0.4 is 15.4 Å². The molecule has 0 atom stereocenters. The van der Waals surface area contributed by atoms with Crippen molar-refractivity contribution in [2.45, 2.75) is 6.61 Å². The molecule has 0 fully saturated rings. The Morgan fingerprint density at radius 1 is 0.885 bits per heavy atom. The molecule has 3 aromatic rings. The number of hydrogen-bond acceptors (Lipinski definition) is 3. The van der Waals surface area contributed by atoms with Gasteiger partial charge in [-0.25, -0.2) is 4.79 Å². The van der Waals surface area contributed by atoms with Crippen molar-refractivity contribution in [1.29, 1.82) is 5.26 Å². The number of nitriles is 1. The minimum atomic E-state index is -0.411. The molecule has 2 amide bonds. The molecule has 3 rings (SSSR count). The first-order chi connectivity index (χ1) is 12.7. The summed E-state index contributed by atoms with van der Waals surface area (Å²) >= 11 is 0. The second kappa shape index (κ2) is 8.36. The first kappa shape index (κ1) is 17.1. The molecule has 2 N–H and O–H groups in total. The summed E-state index contributed by atoms with van der Waals surface area (Å²) in [5.74, 6) is 0.717. The van der Waals surface area contributed by atoms with Gasteiger partial charge in [0.25, 0.3) is 0 Å². The van der Waals surface area contributed by atoms with Gasteiger partial charge in [-0.05, 0) is 42.0 Å².